The van der Waals surface area contributed by atoms with Crippen LogP contribution in [-0.2, 0) is 4.74 Å². The summed E-state index contributed by atoms with van der Waals surface area (Å²) in [4.78, 5) is 11.7. The van der Waals surface area contributed by atoms with Gasteiger partial charge >= 0.3 is 5.97 Å². The molecule has 0 aromatic heterocycles. The number of esters is 1. The Hall–Kier alpha value is -1.55. The lowest BCUT2D eigenvalue weighted by molar-refractivity contribution is 0.0497. The maximum Gasteiger partial charge on any atom is 0.338 e. The summed E-state index contributed by atoms with van der Waals surface area (Å²) in [6.07, 6.45) is 3.58. The predicted molar refractivity (Wildman–Crippen MR) is 71.4 cm³/mol. The van der Waals surface area contributed by atoms with Crippen LogP contribution in [0.5, 0.6) is 0 Å². The average molecular weight is 251 g/mol. The molecule has 4 heteroatoms. The van der Waals surface area contributed by atoms with Crippen LogP contribution in [0, 0.1) is 6.92 Å². The summed E-state index contributed by atoms with van der Waals surface area (Å²) in [7, 11) is 0. The summed E-state index contributed by atoms with van der Waals surface area (Å²) < 4.78 is 5.16. The fraction of sp³-hybridized carbons (Fsp3) is 0.500. The molecule has 0 bridgehead atoms. The number of anilines is 1. The zero-order valence-electron chi connectivity index (χ0n) is 10.8. The Labute approximate surface area is 108 Å². The van der Waals surface area contributed by atoms with Gasteiger partial charge in [-0.2, -0.15) is 0 Å². The van der Waals surface area contributed by atoms with Crippen LogP contribution in [-0.4, -0.2) is 24.3 Å². The molecule has 0 aliphatic rings. The van der Waals surface area contributed by atoms with Crippen molar-refractivity contribution in [3.8, 4) is 0 Å². The van der Waals surface area contributed by atoms with Gasteiger partial charge < -0.3 is 15.6 Å². The van der Waals surface area contributed by atoms with E-state index in [0.29, 0.717) is 17.9 Å². The average Bonchev–Trinajstić information content (AvgIpc) is 2.36. The van der Waals surface area contributed by atoms with Gasteiger partial charge in [-0.05, 0) is 49.9 Å². The van der Waals surface area contributed by atoms with Gasteiger partial charge in [-0.25, -0.2) is 4.79 Å². The van der Waals surface area contributed by atoms with Crippen LogP contribution in [0.4, 0.5) is 5.69 Å². The number of aryl methyl sites for hydroxylation is 1. The summed E-state index contributed by atoms with van der Waals surface area (Å²) in [5, 5.41) is 8.61. The minimum Gasteiger partial charge on any atom is -0.462 e. The highest BCUT2D eigenvalue weighted by Gasteiger charge is 2.07. The Bertz CT molecular complexity index is 391. The summed E-state index contributed by atoms with van der Waals surface area (Å²) in [6, 6.07) is 5.13. The molecular weight excluding hydrogens is 230 g/mol. The highest BCUT2D eigenvalue weighted by atomic mass is 16.5. The third kappa shape index (κ3) is 4.75. The minimum absolute atomic E-state index is 0.227. The number of benzene rings is 1. The van der Waals surface area contributed by atoms with E-state index in [-0.39, 0.29) is 12.6 Å². The standard InChI is InChI=1S/C14H21NO3/c1-11-10-12(6-7-13(11)15)14(17)18-9-5-3-2-4-8-16/h6-7,10,16H,2-5,8-9,15H2,1H3. The van der Waals surface area contributed by atoms with Gasteiger partial charge in [-0.15, -0.1) is 0 Å². The number of aliphatic hydroxyl groups is 1. The summed E-state index contributed by atoms with van der Waals surface area (Å²) in [5.41, 5.74) is 7.78. The smallest absolute Gasteiger partial charge is 0.338 e. The molecule has 0 unspecified atom stereocenters. The molecule has 0 amide bonds. The number of nitrogens with two attached hydrogens (primary N) is 1. The normalized spacial score (nSPS) is 10.3. The second kappa shape index (κ2) is 7.71. The number of nitrogen functional groups attached to an aromatic ring is 1. The Morgan fingerprint density at radius 2 is 2.00 bits per heavy atom. The first-order valence-electron chi connectivity index (χ1n) is 6.29. The zero-order valence-corrected chi connectivity index (χ0v) is 10.8. The molecule has 100 valence electrons. The van der Waals surface area contributed by atoms with Gasteiger partial charge in [0.05, 0.1) is 12.2 Å². The fourth-order valence-electron chi connectivity index (χ4n) is 1.62. The van der Waals surface area contributed by atoms with E-state index in [0.717, 1.165) is 31.2 Å². The molecule has 1 aromatic carbocycles. The van der Waals surface area contributed by atoms with Gasteiger partial charge in [0, 0.05) is 12.3 Å². The van der Waals surface area contributed by atoms with Crippen LogP contribution in [0.1, 0.15) is 41.6 Å². The van der Waals surface area contributed by atoms with E-state index in [1.807, 2.05) is 6.92 Å². The van der Waals surface area contributed by atoms with Crippen molar-refractivity contribution in [1.29, 1.82) is 0 Å². The van der Waals surface area contributed by atoms with E-state index in [2.05, 4.69) is 0 Å². The lowest BCUT2D eigenvalue weighted by Crippen LogP contribution is -2.07. The molecule has 0 saturated heterocycles. The predicted octanol–water partition coefficient (Wildman–Crippen LogP) is 2.29. The Morgan fingerprint density at radius 1 is 1.28 bits per heavy atom. The number of ether oxygens (including phenoxy) is 1. The molecule has 3 N–H and O–H groups in total. The SMILES string of the molecule is Cc1cc(C(=O)OCCCCCCO)ccc1N. The first-order valence-corrected chi connectivity index (χ1v) is 6.29. The number of hydrogen-bond donors (Lipinski definition) is 2. The highest BCUT2D eigenvalue weighted by Crippen LogP contribution is 2.13. The van der Waals surface area contributed by atoms with Crippen molar-refractivity contribution in [2.45, 2.75) is 32.6 Å². The van der Waals surface area contributed by atoms with E-state index in [1.165, 1.54) is 0 Å². The van der Waals surface area contributed by atoms with Gasteiger partial charge in [0.2, 0.25) is 0 Å². The van der Waals surface area contributed by atoms with Gasteiger partial charge in [-0.1, -0.05) is 6.42 Å². The number of aliphatic hydroxyl groups excluding tert-OH is 1. The topological polar surface area (TPSA) is 72.5 Å². The molecule has 0 aliphatic carbocycles. The first kappa shape index (κ1) is 14.5. The van der Waals surface area contributed by atoms with Crippen LogP contribution >= 0.6 is 0 Å². The van der Waals surface area contributed by atoms with Crippen molar-refractivity contribution < 1.29 is 14.6 Å². The number of carbonyl (C=O) groups is 1. The zero-order chi connectivity index (χ0) is 13.4. The van der Waals surface area contributed by atoms with Crippen molar-refractivity contribution in [3.63, 3.8) is 0 Å². The van der Waals surface area contributed by atoms with E-state index in [9.17, 15) is 4.79 Å². The third-order valence-corrected chi connectivity index (χ3v) is 2.79. The maximum absolute atomic E-state index is 11.7. The molecule has 0 fully saturated rings. The van der Waals surface area contributed by atoms with Gasteiger partial charge in [0.1, 0.15) is 0 Å². The number of carbonyl (C=O) groups excluding carboxylic acids is 1. The molecule has 4 nitrogen and oxygen atoms in total. The molecule has 18 heavy (non-hydrogen) atoms. The molecule has 0 aliphatic heterocycles. The molecule has 0 radical (unpaired) electrons. The Morgan fingerprint density at radius 3 is 2.67 bits per heavy atom. The minimum atomic E-state index is -0.305. The fourth-order valence-corrected chi connectivity index (χ4v) is 1.62. The van der Waals surface area contributed by atoms with Crippen molar-refractivity contribution >= 4 is 11.7 Å². The lowest BCUT2D eigenvalue weighted by atomic mass is 10.1. The highest BCUT2D eigenvalue weighted by molar-refractivity contribution is 5.90. The van der Waals surface area contributed by atoms with Gasteiger partial charge in [0.15, 0.2) is 0 Å². The third-order valence-electron chi connectivity index (χ3n) is 2.79. The molecule has 0 atom stereocenters. The van der Waals surface area contributed by atoms with Gasteiger partial charge in [0.25, 0.3) is 0 Å². The number of rotatable bonds is 7. The molecule has 0 saturated carbocycles. The van der Waals surface area contributed by atoms with Gasteiger partial charge in [-0.3, -0.25) is 0 Å². The maximum atomic E-state index is 11.7. The van der Waals surface area contributed by atoms with E-state index in [1.54, 1.807) is 18.2 Å². The molecule has 1 rings (SSSR count). The lowest BCUT2D eigenvalue weighted by Gasteiger charge is -2.06. The Balaban J connectivity index is 2.30. The van der Waals surface area contributed by atoms with Crippen molar-refractivity contribution in [2.24, 2.45) is 0 Å². The molecule has 0 spiro atoms. The number of hydrogen-bond acceptors (Lipinski definition) is 4. The van der Waals surface area contributed by atoms with Crippen molar-refractivity contribution in [2.75, 3.05) is 18.9 Å². The van der Waals surface area contributed by atoms with E-state index < -0.39 is 0 Å². The van der Waals surface area contributed by atoms with Crippen LogP contribution in [0.25, 0.3) is 0 Å². The van der Waals surface area contributed by atoms with Crippen LogP contribution in [0.2, 0.25) is 0 Å². The first-order chi connectivity index (χ1) is 8.65. The second-order valence-electron chi connectivity index (χ2n) is 4.35. The van der Waals surface area contributed by atoms with E-state index in [4.69, 9.17) is 15.6 Å². The summed E-state index contributed by atoms with van der Waals surface area (Å²) in [6.45, 7) is 2.51. The molecule has 1 aromatic rings. The van der Waals surface area contributed by atoms with E-state index >= 15 is 0 Å². The van der Waals surface area contributed by atoms with Crippen LogP contribution < -0.4 is 5.73 Å². The number of unbranched alkanes of at least 4 members (excludes halogenated alkanes) is 3. The largest absolute Gasteiger partial charge is 0.462 e. The van der Waals surface area contributed by atoms with Crippen LogP contribution in [0.15, 0.2) is 18.2 Å². The molecule has 0 heterocycles. The molecular formula is C14H21NO3. The van der Waals surface area contributed by atoms with Crippen molar-refractivity contribution in [3.05, 3.63) is 29.3 Å². The Kier molecular flexibility index (Phi) is 6.22. The van der Waals surface area contributed by atoms with Crippen molar-refractivity contribution in [1.82, 2.24) is 0 Å². The monoisotopic (exact) mass is 251 g/mol. The van der Waals surface area contributed by atoms with Crippen LogP contribution in [0.3, 0.4) is 0 Å². The second-order valence-corrected chi connectivity index (χ2v) is 4.35. The summed E-state index contributed by atoms with van der Waals surface area (Å²) in [5.74, 6) is -0.305. The summed E-state index contributed by atoms with van der Waals surface area (Å²) >= 11 is 0. The quantitative estimate of drug-likeness (QED) is 0.443.